The number of carbonyl (C=O) groups excluding carboxylic acids is 1. The summed E-state index contributed by atoms with van der Waals surface area (Å²) in [6.45, 7) is 14.7. The molecule has 4 aliphatic heterocycles. The molecule has 8 rings (SSSR count). The van der Waals surface area contributed by atoms with Gasteiger partial charge in [0, 0.05) is 120 Å². The van der Waals surface area contributed by atoms with Gasteiger partial charge in [0.1, 0.15) is 24.0 Å². The molecule has 0 spiro atoms. The minimum absolute atomic E-state index is 0.00278. The van der Waals surface area contributed by atoms with Gasteiger partial charge in [-0.25, -0.2) is 9.97 Å². The molecule has 4 saturated heterocycles. The summed E-state index contributed by atoms with van der Waals surface area (Å²) < 4.78 is 76.7. The molecule has 4 aromatic rings. The molecule has 4 fully saturated rings. The normalized spacial score (nSPS) is 17.5. The molecule has 1 amide bonds. The van der Waals surface area contributed by atoms with Crippen molar-refractivity contribution in [3.8, 4) is 0 Å². The van der Waals surface area contributed by atoms with Crippen LogP contribution in [-0.4, -0.2) is 154 Å². The first-order valence-corrected chi connectivity index (χ1v) is 26.2. The van der Waals surface area contributed by atoms with Crippen LogP contribution in [0.25, 0.3) is 0 Å². The van der Waals surface area contributed by atoms with E-state index in [0.717, 1.165) is 164 Å². The van der Waals surface area contributed by atoms with Gasteiger partial charge >= 0.3 is 12.4 Å². The molecule has 2 N–H and O–H groups in total. The summed E-state index contributed by atoms with van der Waals surface area (Å²) in [6.07, 6.45) is 0.437. The first-order chi connectivity index (χ1) is 36.2. The van der Waals surface area contributed by atoms with E-state index in [9.17, 15) is 51.4 Å². The van der Waals surface area contributed by atoms with Crippen LogP contribution < -0.4 is 20.4 Å². The van der Waals surface area contributed by atoms with Crippen molar-refractivity contribution in [2.75, 3.05) is 112 Å². The summed E-state index contributed by atoms with van der Waals surface area (Å²) in [4.78, 5) is 56.2. The van der Waals surface area contributed by atoms with Crippen molar-refractivity contribution in [3.63, 3.8) is 0 Å². The predicted molar refractivity (Wildman–Crippen MR) is 284 cm³/mol. The topological polar surface area (TPSA) is 173 Å². The first kappa shape index (κ1) is 57.3. The molecule has 0 saturated carbocycles. The fourth-order valence-electron chi connectivity index (χ4n) is 10.0. The van der Waals surface area contributed by atoms with Gasteiger partial charge in [0.15, 0.2) is 0 Å². The van der Waals surface area contributed by atoms with Crippen LogP contribution in [0, 0.1) is 34.1 Å². The Kier molecular flexibility index (Phi) is 19.7. The van der Waals surface area contributed by atoms with E-state index in [1.807, 2.05) is 4.90 Å². The second-order valence-corrected chi connectivity index (χ2v) is 20.3. The van der Waals surface area contributed by atoms with Crippen molar-refractivity contribution in [2.45, 2.75) is 89.7 Å². The third-order valence-electron chi connectivity index (χ3n) is 14.6. The van der Waals surface area contributed by atoms with Crippen LogP contribution in [0.1, 0.15) is 73.6 Å². The number of nitrogens with one attached hydrogen (secondary N) is 2. The monoisotopic (exact) mass is 1080 g/mol. The van der Waals surface area contributed by atoms with Gasteiger partial charge in [0.2, 0.25) is 5.91 Å². The van der Waals surface area contributed by atoms with Crippen LogP contribution >= 0.6 is 12.2 Å². The third kappa shape index (κ3) is 16.3. The number of piperidine rings is 2. The molecule has 412 valence electrons. The average Bonchev–Trinajstić information content (AvgIpc) is 3.39. The van der Waals surface area contributed by atoms with Gasteiger partial charge in [0.05, 0.1) is 26.0 Å². The second-order valence-electron chi connectivity index (χ2n) is 19.8. The van der Waals surface area contributed by atoms with Crippen molar-refractivity contribution >= 4 is 57.5 Å². The highest BCUT2D eigenvalue weighted by Crippen LogP contribution is 2.33. The van der Waals surface area contributed by atoms with E-state index in [1.165, 1.54) is 24.5 Å². The van der Waals surface area contributed by atoms with Crippen LogP contribution in [0.2, 0.25) is 0 Å². The number of anilines is 4. The number of nitrogens with zero attached hydrogens (tertiary/aromatic N) is 10. The van der Waals surface area contributed by atoms with Crippen molar-refractivity contribution in [1.29, 1.82) is 0 Å². The van der Waals surface area contributed by atoms with E-state index in [4.69, 9.17) is 12.2 Å². The molecule has 0 unspecified atom stereocenters. The zero-order valence-corrected chi connectivity index (χ0v) is 43.6. The summed E-state index contributed by atoms with van der Waals surface area (Å²) in [5, 5.41) is 28.7. The molecule has 6 heterocycles. The van der Waals surface area contributed by atoms with Crippen molar-refractivity contribution < 1.29 is 41.0 Å². The van der Waals surface area contributed by atoms with Crippen LogP contribution in [0.15, 0.2) is 73.1 Å². The highest BCUT2D eigenvalue weighted by atomic mass is 32.1. The number of aryl methyl sites for hydroxylation is 2. The largest absolute Gasteiger partial charge is 0.416 e. The SMILES string of the molecule is Cc1cc(NC2CCN(C(=O)CCCN3CCN(c4ccc(C(F)(F)F)cc4)CC3)CC2)ncc1[N+](=O)[O-].Cc1cc(NC2CCN(C(=S)CCCN3CCN(c4ccc(C(F)(F)F)cc4)CC3)CC2)ncc1[N+](=O)[O-]. The molecule has 2 aromatic carbocycles. The summed E-state index contributed by atoms with van der Waals surface area (Å²) >= 11 is 5.71. The van der Waals surface area contributed by atoms with E-state index >= 15 is 0 Å². The average molecular weight is 1090 g/mol. The van der Waals surface area contributed by atoms with Gasteiger partial charge in [-0.15, -0.1) is 0 Å². The minimum atomic E-state index is -4.33. The van der Waals surface area contributed by atoms with Gasteiger partial charge in [-0.1, -0.05) is 12.2 Å². The van der Waals surface area contributed by atoms with Crippen molar-refractivity contribution in [1.82, 2.24) is 29.6 Å². The van der Waals surface area contributed by atoms with Crippen LogP contribution in [-0.2, 0) is 17.1 Å². The molecular weight excluding hydrogens is 1020 g/mol. The Hall–Kier alpha value is -6.40. The maximum Gasteiger partial charge on any atom is 0.416 e. The van der Waals surface area contributed by atoms with E-state index in [2.05, 4.69) is 45.1 Å². The minimum Gasteiger partial charge on any atom is -0.369 e. The number of alkyl halides is 6. The number of hydrogen-bond donors (Lipinski definition) is 2. The van der Waals surface area contributed by atoms with Gasteiger partial charge in [-0.3, -0.25) is 34.8 Å². The summed E-state index contributed by atoms with van der Waals surface area (Å²) in [5.74, 6) is 1.42. The lowest BCUT2D eigenvalue weighted by Crippen LogP contribution is -2.47. The standard InChI is InChI=1S/C26H33F3N6O3.C26H33F3N6O2S/c1-19-17-24(30-18-23(19)35(37)38)31-21-8-11-34(12-9-21)25(36)3-2-10-32-13-15-33(16-14-32)22-6-4-20(5-7-22)26(27,28)29;1-19-17-24(30-18-23(19)35(36)37)31-21-8-11-34(12-9-21)25(38)3-2-10-32-13-15-33(16-14-32)22-6-4-20(5-7-22)26(27,28)29/h2*4-7,17-18,21H,2-3,8-16H2,1H3,(H,30,31). The van der Waals surface area contributed by atoms with Crippen LogP contribution in [0.5, 0.6) is 0 Å². The Morgan fingerprint density at radius 1 is 0.592 bits per heavy atom. The lowest BCUT2D eigenvalue weighted by atomic mass is 10.0. The number of rotatable bonds is 16. The van der Waals surface area contributed by atoms with E-state index < -0.39 is 33.3 Å². The summed E-state index contributed by atoms with van der Waals surface area (Å²) in [7, 11) is 0. The summed E-state index contributed by atoms with van der Waals surface area (Å²) in [5.41, 5.74) is 1.54. The Balaban J connectivity index is 0.000000221. The zero-order valence-electron chi connectivity index (χ0n) is 42.8. The lowest BCUT2D eigenvalue weighted by Gasteiger charge is -2.37. The maximum absolute atomic E-state index is 12.8. The molecule has 0 atom stereocenters. The van der Waals surface area contributed by atoms with Gasteiger partial charge < -0.3 is 30.2 Å². The van der Waals surface area contributed by atoms with Gasteiger partial charge in [-0.2, -0.15) is 26.3 Å². The first-order valence-electron chi connectivity index (χ1n) is 25.8. The predicted octanol–water partition coefficient (Wildman–Crippen LogP) is 9.45. The number of likely N-dealkylation sites (tertiary alicyclic amines) is 2. The fraction of sp³-hybridized carbons (Fsp3) is 0.538. The molecule has 17 nitrogen and oxygen atoms in total. The Morgan fingerprint density at radius 2 is 0.961 bits per heavy atom. The molecule has 4 aliphatic rings. The van der Waals surface area contributed by atoms with E-state index in [0.29, 0.717) is 42.3 Å². The molecule has 0 bridgehead atoms. The molecule has 76 heavy (non-hydrogen) atoms. The molecule has 2 aromatic heterocycles. The number of carbonyl (C=O) groups is 1. The van der Waals surface area contributed by atoms with E-state index in [-0.39, 0.29) is 29.4 Å². The number of halogens is 6. The number of benzene rings is 2. The molecule has 0 aliphatic carbocycles. The Bertz CT molecular complexity index is 2410. The lowest BCUT2D eigenvalue weighted by molar-refractivity contribution is -0.385. The smallest absolute Gasteiger partial charge is 0.369 e. The number of aromatic nitrogens is 2. The highest BCUT2D eigenvalue weighted by Gasteiger charge is 2.32. The third-order valence-corrected chi connectivity index (χ3v) is 15.0. The molecule has 0 radical (unpaired) electrons. The summed E-state index contributed by atoms with van der Waals surface area (Å²) in [6, 6.07) is 14.5. The zero-order chi connectivity index (χ0) is 54.6. The quantitative estimate of drug-likeness (QED) is 0.0470. The Labute approximate surface area is 443 Å². The number of nitro groups is 2. The van der Waals surface area contributed by atoms with Crippen molar-refractivity contribution in [3.05, 3.63) is 116 Å². The number of piperazine rings is 2. The maximum atomic E-state index is 12.8. The number of amides is 1. The molecule has 24 heteroatoms. The van der Waals surface area contributed by atoms with Gasteiger partial charge in [-0.05, 0) is 133 Å². The molecular formula is C52H66F6N12O5S. The van der Waals surface area contributed by atoms with Crippen LogP contribution in [0.4, 0.5) is 60.7 Å². The van der Waals surface area contributed by atoms with E-state index in [1.54, 1.807) is 38.1 Å². The van der Waals surface area contributed by atoms with Crippen molar-refractivity contribution in [2.24, 2.45) is 0 Å². The van der Waals surface area contributed by atoms with Crippen LogP contribution in [0.3, 0.4) is 0 Å². The number of thiocarbonyl (C=S) groups is 1. The Morgan fingerprint density at radius 3 is 1.32 bits per heavy atom. The number of pyridine rings is 2. The second kappa shape index (κ2) is 26.1. The highest BCUT2D eigenvalue weighted by molar-refractivity contribution is 7.80. The van der Waals surface area contributed by atoms with Gasteiger partial charge in [0.25, 0.3) is 11.4 Å². The number of hydrogen-bond acceptors (Lipinski definition) is 14. The fourth-order valence-corrected chi connectivity index (χ4v) is 10.3.